The van der Waals surface area contributed by atoms with E-state index in [1.807, 2.05) is 13.8 Å². The van der Waals surface area contributed by atoms with Crippen molar-refractivity contribution < 1.29 is 0 Å². The van der Waals surface area contributed by atoms with Crippen molar-refractivity contribution in [2.24, 2.45) is 0 Å². The second kappa shape index (κ2) is 5.52. The smallest absolute Gasteiger partial charge is 0.0523 e. The fourth-order valence-electron chi connectivity index (χ4n) is 1.37. The molecule has 11 heavy (non-hydrogen) atoms. The van der Waals surface area contributed by atoms with Gasteiger partial charge in [0.2, 0.25) is 0 Å². The Morgan fingerprint density at radius 2 is 0.818 bits per heavy atom. The molecule has 3 heteroatoms. The molecule has 0 aromatic heterocycles. The Balaban J connectivity index is 0.000000461. The molecule has 0 unspecified atom stereocenters. The van der Waals surface area contributed by atoms with E-state index in [1.54, 1.807) is 0 Å². The molecule has 0 amide bonds. The Bertz CT molecular complexity index is 70.3. The Labute approximate surface area is 70.6 Å². The van der Waals surface area contributed by atoms with Crippen molar-refractivity contribution in [1.29, 1.82) is 0 Å². The summed E-state index contributed by atoms with van der Waals surface area (Å²) in [6.45, 7) is 7.26. The van der Waals surface area contributed by atoms with Crippen molar-refractivity contribution in [2.75, 3.05) is 41.1 Å². The first-order valence-electron chi connectivity index (χ1n) is 4.24. The van der Waals surface area contributed by atoms with E-state index in [2.05, 4.69) is 35.8 Å². The van der Waals surface area contributed by atoms with Gasteiger partial charge in [-0.25, -0.2) is 0 Å². The van der Waals surface area contributed by atoms with E-state index in [4.69, 9.17) is 0 Å². The van der Waals surface area contributed by atoms with Crippen molar-refractivity contribution >= 4 is 0 Å². The summed E-state index contributed by atoms with van der Waals surface area (Å²) in [5.74, 6) is 0. The Kier molecular flexibility index (Phi) is 5.46. The summed E-state index contributed by atoms with van der Waals surface area (Å²) in [6, 6.07) is 0. The van der Waals surface area contributed by atoms with Crippen molar-refractivity contribution in [1.82, 2.24) is 14.7 Å². The van der Waals surface area contributed by atoms with E-state index in [1.165, 1.54) is 0 Å². The molecule has 0 aromatic carbocycles. The predicted molar refractivity (Wildman–Crippen MR) is 49.2 cm³/mol. The third-order valence-corrected chi connectivity index (χ3v) is 1.45. The first-order chi connectivity index (χ1) is 5.18. The van der Waals surface area contributed by atoms with E-state index < -0.39 is 0 Å². The molecule has 0 aliphatic carbocycles. The van der Waals surface area contributed by atoms with Gasteiger partial charge >= 0.3 is 0 Å². The van der Waals surface area contributed by atoms with Crippen LogP contribution in [0.2, 0.25) is 0 Å². The highest BCUT2D eigenvalue weighted by atomic mass is 15.5. The van der Waals surface area contributed by atoms with Crippen LogP contribution in [0.4, 0.5) is 0 Å². The topological polar surface area (TPSA) is 9.72 Å². The lowest BCUT2D eigenvalue weighted by molar-refractivity contribution is 0.0149. The summed E-state index contributed by atoms with van der Waals surface area (Å²) < 4.78 is 0. The Morgan fingerprint density at radius 3 is 1.00 bits per heavy atom. The van der Waals surface area contributed by atoms with Crippen molar-refractivity contribution in [3.8, 4) is 0 Å². The van der Waals surface area contributed by atoms with Crippen LogP contribution in [0.5, 0.6) is 0 Å². The first-order valence-corrected chi connectivity index (χ1v) is 4.24. The van der Waals surface area contributed by atoms with Crippen LogP contribution in [0.25, 0.3) is 0 Å². The van der Waals surface area contributed by atoms with Gasteiger partial charge in [-0.2, -0.15) is 0 Å². The van der Waals surface area contributed by atoms with E-state index in [0.717, 1.165) is 20.0 Å². The van der Waals surface area contributed by atoms with Crippen LogP contribution >= 0.6 is 0 Å². The van der Waals surface area contributed by atoms with E-state index in [-0.39, 0.29) is 0 Å². The number of hydrogen-bond donors (Lipinski definition) is 0. The molecule has 0 N–H and O–H groups in total. The summed E-state index contributed by atoms with van der Waals surface area (Å²) in [5.41, 5.74) is 0. The summed E-state index contributed by atoms with van der Waals surface area (Å²) in [5, 5.41) is 0. The van der Waals surface area contributed by atoms with E-state index in [0.29, 0.717) is 0 Å². The van der Waals surface area contributed by atoms with Crippen LogP contribution in [0.15, 0.2) is 0 Å². The second-order valence-electron chi connectivity index (χ2n) is 2.99. The van der Waals surface area contributed by atoms with Crippen LogP contribution in [-0.4, -0.2) is 55.8 Å². The number of hydrogen-bond acceptors (Lipinski definition) is 3. The molecule has 1 rings (SSSR count). The molecular formula is C8H21N3. The molecule has 0 saturated carbocycles. The molecule has 1 heterocycles. The average molecular weight is 159 g/mol. The molecule has 0 spiro atoms. The maximum Gasteiger partial charge on any atom is 0.0523 e. The van der Waals surface area contributed by atoms with Gasteiger partial charge in [0.15, 0.2) is 0 Å². The predicted octanol–water partition coefficient (Wildman–Crippen LogP) is 0.694. The van der Waals surface area contributed by atoms with Gasteiger partial charge in [0.1, 0.15) is 0 Å². The minimum atomic E-state index is 1.09. The highest BCUT2D eigenvalue weighted by Crippen LogP contribution is 1.98. The molecule has 1 fully saturated rings. The standard InChI is InChI=1S/C6H15N3.C2H6/c1-7-4-8(2)6-9(3)5-7;1-2/h4-6H2,1-3H3;1-2H3. The van der Waals surface area contributed by atoms with Crippen molar-refractivity contribution in [3.63, 3.8) is 0 Å². The summed E-state index contributed by atoms with van der Waals surface area (Å²) in [6.07, 6.45) is 0. The van der Waals surface area contributed by atoms with Crippen molar-refractivity contribution in [3.05, 3.63) is 0 Å². The maximum absolute atomic E-state index is 2.28. The summed E-state index contributed by atoms with van der Waals surface area (Å²) in [4.78, 5) is 6.84. The zero-order valence-corrected chi connectivity index (χ0v) is 8.46. The molecule has 68 valence electrons. The third kappa shape index (κ3) is 4.35. The van der Waals surface area contributed by atoms with Crippen LogP contribution in [-0.2, 0) is 0 Å². The van der Waals surface area contributed by atoms with Gasteiger partial charge in [-0.15, -0.1) is 0 Å². The maximum atomic E-state index is 2.28. The molecule has 1 aliphatic heterocycles. The van der Waals surface area contributed by atoms with Crippen LogP contribution in [0.3, 0.4) is 0 Å². The lowest BCUT2D eigenvalue weighted by atomic mass is 10.6. The van der Waals surface area contributed by atoms with Gasteiger partial charge in [0, 0.05) is 0 Å². The zero-order chi connectivity index (χ0) is 8.85. The minimum absolute atomic E-state index is 1.09. The SMILES string of the molecule is CC.CN1CN(C)CN(C)C1. The van der Waals surface area contributed by atoms with Crippen LogP contribution in [0, 0.1) is 0 Å². The fraction of sp³-hybridized carbons (Fsp3) is 1.00. The van der Waals surface area contributed by atoms with Gasteiger partial charge in [0.25, 0.3) is 0 Å². The highest BCUT2D eigenvalue weighted by molar-refractivity contribution is 4.58. The van der Waals surface area contributed by atoms with Gasteiger partial charge < -0.3 is 0 Å². The first kappa shape index (κ1) is 10.9. The molecule has 1 saturated heterocycles. The lowest BCUT2D eigenvalue weighted by Crippen LogP contribution is -2.50. The molecule has 0 radical (unpaired) electrons. The molecular weight excluding hydrogens is 138 g/mol. The van der Waals surface area contributed by atoms with E-state index >= 15 is 0 Å². The lowest BCUT2D eigenvalue weighted by Gasteiger charge is -2.36. The Morgan fingerprint density at radius 1 is 0.636 bits per heavy atom. The monoisotopic (exact) mass is 159 g/mol. The summed E-state index contributed by atoms with van der Waals surface area (Å²) in [7, 11) is 6.39. The quantitative estimate of drug-likeness (QED) is 0.515. The van der Waals surface area contributed by atoms with Crippen LogP contribution < -0.4 is 0 Å². The van der Waals surface area contributed by atoms with Gasteiger partial charge in [-0.1, -0.05) is 13.8 Å². The Hall–Kier alpha value is -0.120. The largest absolute Gasteiger partial charge is 0.280 e. The molecule has 0 bridgehead atoms. The molecule has 3 nitrogen and oxygen atoms in total. The second-order valence-corrected chi connectivity index (χ2v) is 2.99. The summed E-state index contributed by atoms with van der Waals surface area (Å²) >= 11 is 0. The zero-order valence-electron chi connectivity index (χ0n) is 8.46. The highest BCUT2D eigenvalue weighted by Gasteiger charge is 2.13. The molecule has 0 aromatic rings. The average Bonchev–Trinajstić information content (AvgIpc) is 1.88. The molecule has 0 atom stereocenters. The van der Waals surface area contributed by atoms with Gasteiger partial charge in [-0.3, -0.25) is 14.7 Å². The molecule has 1 aliphatic rings. The fourth-order valence-corrected chi connectivity index (χ4v) is 1.37. The van der Waals surface area contributed by atoms with Crippen molar-refractivity contribution in [2.45, 2.75) is 13.8 Å². The van der Waals surface area contributed by atoms with E-state index in [9.17, 15) is 0 Å². The number of nitrogens with zero attached hydrogens (tertiary/aromatic N) is 3. The third-order valence-electron chi connectivity index (χ3n) is 1.45. The minimum Gasteiger partial charge on any atom is -0.280 e. The normalized spacial score (nSPS) is 22.6. The van der Waals surface area contributed by atoms with Gasteiger partial charge in [0.05, 0.1) is 20.0 Å². The van der Waals surface area contributed by atoms with Crippen LogP contribution in [0.1, 0.15) is 13.8 Å². The number of rotatable bonds is 0. The van der Waals surface area contributed by atoms with Gasteiger partial charge in [-0.05, 0) is 21.1 Å².